The Bertz CT molecular complexity index is 664. The van der Waals surface area contributed by atoms with E-state index in [0.29, 0.717) is 13.1 Å². The van der Waals surface area contributed by atoms with Crippen LogP contribution >= 0.6 is 0 Å². The summed E-state index contributed by atoms with van der Waals surface area (Å²) >= 11 is 0. The minimum atomic E-state index is -3.72. The number of benzene rings is 1. The van der Waals surface area contributed by atoms with Crippen molar-refractivity contribution in [1.82, 2.24) is 4.72 Å². The number of carboxylic acid groups (broad SMARTS) is 1. The van der Waals surface area contributed by atoms with Crippen molar-refractivity contribution in [1.29, 1.82) is 0 Å². The first-order chi connectivity index (χ1) is 11.3. The lowest BCUT2D eigenvalue weighted by atomic mass is 9.88. The minimum absolute atomic E-state index is 0.191. The molecule has 0 atom stereocenters. The molecule has 0 unspecified atom stereocenters. The first-order valence-electron chi connectivity index (χ1n) is 8.42. The van der Waals surface area contributed by atoms with E-state index in [0.717, 1.165) is 36.1 Å². The average Bonchev–Trinajstić information content (AvgIpc) is 2.45. The number of hydrogen-bond donors (Lipinski definition) is 3. The van der Waals surface area contributed by atoms with Crippen molar-refractivity contribution < 1.29 is 23.2 Å². The molecule has 0 radical (unpaired) electrons. The third-order valence-corrected chi connectivity index (χ3v) is 6.02. The number of unbranched alkanes of at least 4 members (excludes halogenated alkanes) is 2. The summed E-state index contributed by atoms with van der Waals surface area (Å²) in [5, 5.41) is 9.06. The molecule has 1 aliphatic heterocycles. The fourth-order valence-electron chi connectivity index (χ4n) is 3.38. The van der Waals surface area contributed by atoms with Gasteiger partial charge in [0.05, 0.1) is 18.4 Å². The Kier molecular flexibility index (Phi) is 6.01. The number of rotatable bonds is 9. The fourth-order valence-corrected chi connectivity index (χ4v) is 4.78. The zero-order chi connectivity index (χ0) is 17.8. The van der Waals surface area contributed by atoms with Gasteiger partial charge in [-0.3, -0.25) is 4.79 Å². The summed E-state index contributed by atoms with van der Waals surface area (Å²) in [5.74, 6) is -0.989. The van der Waals surface area contributed by atoms with Crippen molar-refractivity contribution in [3.63, 3.8) is 0 Å². The van der Waals surface area contributed by atoms with Crippen molar-refractivity contribution in [3.8, 4) is 0 Å². The van der Waals surface area contributed by atoms with Crippen molar-refractivity contribution in [2.75, 3.05) is 20.1 Å². The molecule has 24 heavy (non-hydrogen) atoms. The molecule has 1 fully saturated rings. The predicted octanol–water partition coefficient (Wildman–Crippen LogP) is 0.439. The molecular weight excluding hydrogens is 328 g/mol. The van der Waals surface area contributed by atoms with Crippen molar-refractivity contribution in [2.24, 2.45) is 0 Å². The van der Waals surface area contributed by atoms with Gasteiger partial charge < -0.3 is 10.0 Å². The van der Waals surface area contributed by atoms with Crippen LogP contribution in [0.5, 0.6) is 0 Å². The van der Waals surface area contributed by atoms with Crippen LogP contribution in [0.3, 0.4) is 0 Å². The number of carboxylic acids is 1. The van der Waals surface area contributed by atoms with Gasteiger partial charge in [0.2, 0.25) is 10.0 Å². The second kappa shape index (κ2) is 7.63. The van der Waals surface area contributed by atoms with E-state index in [2.05, 4.69) is 11.6 Å². The molecule has 134 valence electrons. The third kappa shape index (κ3) is 4.78. The second-order valence-electron chi connectivity index (χ2n) is 6.87. The van der Waals surface area contributed by atoms with Gasteiger partial charge in [0.15, 0.2) is 0 Å². The molecule has 0 bridgehead atoms. The Labute approximate surface area is 143 Å². The molecule has 3 N–H and O–H groups in total. The Morgan fingerprint density at radius 2 is 1.88 bits per heavy atom. The van der Waals surface area contributed by atoms with Crippen LogP contribution in [0.25, 0.3) is 0 Å². The number of likely N-dealkylation sites (tertiary alicyclic amines) is 1. The number of quaternary nitrogens is 1. The molecule has 1 heterocycles. The van der Waals surface area contributed by atoms with Gasteiger partial charge in [-0.05, 0) is 30.5 Å². The summed E-state index contributed by atoms with van der Waals surface area (Å²) in [4.78, 5) is 12.4. The average molecular weight is 355 g/mol. The number of likely N-dealkylation sites (N-methyl/N-ethyl adjacent to an activating group) is 1. The lowest BCUT2D eigenvalue weighted by Crippen LogP contribution is -3.22. The number of nitrogens with one attached hydrogen (secondary N) is 2. The number of aryl methyl sites for hydroxylation is 1. The standard InChI is InChI=1S/C17H26N2O4S/c1-3-4-5-6-14-7-9-15(10-8-14)24(22,23)18-17(11-16(20)21)12-19(2)13-17/h7-10,18H,3-6,11-13H2,1-2H3,(H,20,21)/p+1. The zero-order valence-corrected chi connectivity index (χ0v) is 15.2. The van der Waals surface area contributed by atoms with Crippen LogP contribution in [0.2, 0.25) is 0 Å². The predicted molar refractivity (Wildman–Crippen MR) is 91.6 cm³/mol. The van der Waals surface area contributed by atoms with E-state index in [1.165, 1.54) is 0 Å². The van der Waals surface area contributed by atoms with Gasteiger partial charge in [-0.2, -0.15) is 4.72 Å². The van der Waals surface area contributed by atoms with Crippen LogP contribution in [0.4, 0.5) is 0 Å². The SMILES string of the molecule is CCCCCc1ccc(S(=O)(=O)NC2(CC(=O)O)C[NH+](C)C2)cc1. The highest BCUT2D eigenvalue weighted by Gasteiger charge is 2.50. The smallest absolute Gasteiger partial charge is 0.305 e. The third-order valence-electron chi connectivity index (χ3n) is 4.42. The van der Waals surface area contributed by atoms with Crippen LogP contribution in [0, 0.1) is 0 Å². The second-order valence-corrected chi connectivity index (χ2v) is 8.55. The van der Waals surface area contributed by atoms with Crippen molar-refractivity contribution >= 4 is 16.0 Å². The van der Waals surface area contributed by atoms with Gasteiger partial charge in [-0.15, -0.1) is 0 Å². The highest BCUT2D eigenvalue weighted by molar-refractivity contribution is 7.89. The van der Waals surface area contributed by atoms with E-state index >= 15 is 0 Å². The van der Waals surface area contributed by atoms with Gasteiger partial charge in [-0.25, -0.2) is 8.42 Å². The molecule has 7 heteroatoms. The number of aliphatic carboxylic acids is 1. The molecule has 0 aromatic heterocycles. The molecule has 6 nitrogen and oxygen atoms in total. The van der Waals surface area contributed by atoms with Crippen molar-refractivity contribution in [3.05, 3.63) is 29.8 Å². The maximum Gasteiger partial charge on any atom is 0.305 e. The Balaban J connectivity index is 2.07. The number of hydrogen-bond acceptors (Lipinski definition) is 3. The largest absolute Gasteiger partial charge is 0.481 e. The van der Waals surface area contributed by atoms with Gasteiger partial charge in [-0.1, -0.05) is 31.9 Å². The summed E-state index contributed by atoms with van der Waals surface area (Å²) in [6, 6.07) is 6.89. The topological polar surface area (TPSA) is 87.9 Å². The Morgan fingerprint density at radius 3 is 2.38 bits per heavy atom. The molecule has 1 saturated heterocycles. The van der Waals surface area contributed by atoms with E-state index in [9.17, 15) is 13.2 Å². The van der Waals surface area contributed by atoms with Crippen LogP contribution in [0.1, 0.15) is 38.2 Å². The first kappa shape index (κ1) is 18.9. The van der Waals surface area contributed by atoms with Gasteiger partial charge >= 0.3 is 5.97 Å². The van der Waals surface area contributed by atoms with Gasteiger partial charge in [0, 0.05) is 0 Å². The number of carbonyl (C=O) groups is 1. The van der Waals surface area contributed by atoms with Crippen LogP contribution in [0.15, 0.2) is 29.2 Å². The highest BCUT2D eigenvalue weighted by atomic mass is 32.2. The van der Waals surface area contributed by atoms with E-state index in [1.54, 1.807) is 12.1 Å². The highest BCUT2D eigenvalue weighted by Crippen LogP contribution is 2.19. The summed E-state index contributed by atoms with van der Waals surface area (Å²) in [6.07, 6.45) is 4.16. The summed E-state index contributed by atoms with van der Waals surface area (Å²) in [7, 11) is -1.80. The molecule has 2 rings (SSSR count). The lowest BCUT2D eigenvalue weighted by Gasteiger charge is -2.43. The maximum absolute atomic E-state index is 12.6. The molecule has 1 aliphatic rings. The van der Waals surface area contributed by atoms with E-state index < -0.39 is 21.5 Å². The first-order valence-corrected chi connectivity index (χ1v) is 9.91. The van der Waals surface area contributed by atoms with E-state index in [4.69, 9.17) is 5.11 Å². The van der Waals surface area contributed by atoms with Crippen LogP contribution < -0.4 is 9.62 Å². The molecule has 1 aromatic rings. The van der Waals surface area contributed by atoms with Crippen molar-refractivity contribution in [2.45, 2.75) is 49.5 Å². The van der Waals surface area contributed by atoms with E-state index in [-0.39, 0.29) is 11.3 Å². The molecule has 0 amide bonds. The fraction of sp³-hybridized carbons (Fsp3) is 0.588. The Hall–Kier alpha value is -1.44. The van der Waals surface area contributed by atoms with E-state index in [1.807, 2.05) is 19.2 Å². The molecule has 0 spiro atoms. The molecule has 0 saturated carbocycles. The summed E-state index contributed by atoms with van der Waals surface area (Å²) in [5.41, 5.74) is 0.240. The monoisotopic (exact) mass is 355 g/mol. The van der Waals surface area contributed by atoms with Crippen LogP contribution in [-0.2, 0) is 21.2 Å². The summed E-state index contributed by atoms with van der Waals surface area (Å²) in [6.45, 7) is 3.11. The quantitative estimate of drug-likeness (QED) is 0.561. The van der Waals surface area contributed by atoms with Crippen LogP contribution in [-0.4, -0.2) is 45.2 Å². The summed E-state index contributed by atoms with van der Waals surface area (Å²) < 4.78 is 27.8. The number of sulfonamides is 1. The molecule has 1 aromatic carbocycles. The Morgan fingerprint density at radius 1 is 1.25 bits per heavy atom. The normalized spacial score (nSPS) is 23.7. The van der Waals surface area contributed by atoms with Gasteiger partial charge in [0.1, 0.15) is 18.6 Å². The molecule has 0 aliphatic carbocycles. The lowest BCUT2D eigenvalue weighted by molar-refractivity contribution is -0.932. The zero-order valence-electron chi connectivity index (χ0n) is 14.3. The molecular formula is C17H27N2O4S+. The maximum atomic E-state index is 12.6. The minimum Gasteiger partial charge on any atom is -0.481 e. The van der Waals surface area contributed by atoms with Gasteiger partial charge in [0.25, 0.3) is 0 Å².